The highest BCUT2D eigenvalue weighted by molar-refractivity contribution is 5.93. The molecule has 0 amide bonds. The normalized spacial score (nSPS) is 16.8. The van der Waals surface area contributed by atoms with E-state index in [1.807, 2.05) is 0 Å². The van der Waals surface area contributed by atoms with Gasteiger partial charge in [-0.2, -0.15) is 0 Å². The van der Waals surface area contributed by atoms with Crippen molar-refractivity contribution >= 4 is 11.0 Å². The molecular formula is C25H20O10. The summed E-state index contributed by atoms with van der Waals surface area (Å²) in [6.07, 6.45) is -0.870. The van der Waals surface area contributed by atoms with Crippen molar-refractivity contribution in [3.05, 3.63) is 64.3 Å². The van der Waals surface area contributed by atoms with Crippen LogP contribution in [0.2, 0.25) is 0 Å². The lowest BCUT2D eigenvalue weighted by molar-refractivity contribution is 0.251. The molecule has 0 radical (unpaired) electrons. The van der Waals surface area contributed by atoms with Crippen LogP contribution in [0, 0.1) is 0 Å². The number of aromatic hydroxyl groups is 5. The molecule has 1 saturated heterocycles. The van der Waals surface area contributed by atoms with Crippen LogP contribution in [0.15, 0.2) is 57.7 Å². The number of fused-ring (bicyclic) bond motifs is 1. The molecule has 1 fully saturated rings. The highest BCUT2D eigenvalue weighted by atomic mass is 16.6. The predicted molar refractivity (Wildman–Crippen MR) is 122 cm³/mol. The van der Waals surface area contributed by atoms with Crippen LogP contribution in [0.25, 0.3) is 22.3 Å². The molecule has 2 atom stereocenters. The number of epoxide rings is 1. The van der Waals surface area contributed by atoms with Crippen LogP contribution in [0.5, 0.6) is 40.2 Å². The maximum absolute atomic E-state index is 12.9. The van der Waals surface area contributed by atoms with Gasteiger partial charge in [0.1, 0.15) is 35.7 Å². The lowest BCUT2D eigenvalue weighted by Crippen LogP contribution is -2.08. The molecule has 1 aliphatic heterocycles. The highest BCUT2D eigenvalue weighted by Crippen LogP contribution is 2.45. The van der Waals surface area contributed by atoms with Crippen LogP contribution in [0.3, 0.4) is 0 Å². The molecule has 4 aromatic rings. The number of benzene rings is 3. The first-order valence-corrected chi connectivity index (χ1v) is 10.5. The molecule has 0 saturated carbocycles. The smallest absolute Gasteiger partial charge is 0.238 e. The Bertz CT molecular complexity index is 1490. The average molecular weight is 480 g/mol. The molecule has 180 valence electrons. The fourth-order valence-corrected chi connectivity index (χ4v) is 3.83. The zero-order valence-corrected chi connectivity index (χ0v) is 18.3. The van der Waals surface area contributed by atoms with Crippen molar-refractivity contribution in [2.45, 2.75) is 12.2 Å². The van der Waals surface area contributed by atoms with Gasteiger partial charge in [0.25, 0.3) is 0 Å². The zero-order chi connectivity index (χ0) is 24.9. The fraction of sp³-hybridized carbons (Fsp3) is 0.160. The number of phenolic OH excluding ortho intramolecular Hbond substituents is 4. The Morgan fingerprint density at radius 2 is 1.63 bits per heavy atom. The van der Waals surface area contributed by atoms with Crippen LogP contribution in [-0.4, -0.2) is 45.4 Å². The van der Waals surface area contributed by atoms with Gasteiger partial charge < -0.3 is 44.2 Å². The van der Waals surface area contributed by atoms with E-state index in [0.29, 0.717) is 16.9 Å². The lowest BCUT2D eigenvalue weighted by atomic mass is 10.1. The van der Waals surface area contributed by atoms with Crippen molar-refractivity contribution in [1.82, 2.24) is 0 Å². The third-order valence-electron chi connectivity index (χ3n) is 5.71. The number of phenols is 4. The number of rotatable bonds is 6. The zero-order valence-electron chi connectivity index (χ0n) is 18.3. The maximum Gasteiger partial charge on any atom is 0.238 e. The second kappa shape index (κ2) is 8.33. The second-order valence-corrected chi connectivity index (χ2v) is 7.94. The Morgan fingerprint density at radius 3 is 2.31 bits per heavy atom. The van der Waals surface area contributed by atoms with Gasteiger partial charge in [0, 0.05) is 11.6 Å². The standard InChI is InChI=1S/C25H20O10/c1-32-13-5-2-11(3-6-13)23-21(31)20(30)19-16(28)9-17(29)24(25(19)35-23)33-10-18-22(34-18)12-4-7-14(26)15(27)8-12/h2-9,18,22,26-29,31H,10H2,1H3. The number of methoxy groups -OCH3 is 1. The third kappa shape index (κ3) is 3.89. The van der Waals surface area contributed by atoms with Crippen molar-refractivity contribution in [2.75, 3.05) is 13.7 Å². The summed E-state index contributed by atoms with van der Waals surface area (Å²) in [6.45, 7) is -0.0673. The first kappa shape index (κ1) is 22.2. The molecule has 10 heteroatoms. The van der Waals surface area contributed by atoms with E-state index < -0.39 is 34.9 Å². The molecule has 2 heterocycles. The Morgan fingerprint density at radius 1 is 0.886 bits per heavy atom. The van der Waals surface area contributed by atoms with Gasteiger partial charge in [0.15, 0.2) is 28.6 Å². The minimum Gasteiger partial charge on any atom is -0.507 e. The van der Waals surface area contributed by atoms with E-state index in [-0.39, 0.29) is 40.6 Å². The van der Waals surface area contributed by atoms with Crippen molar-refractivity contribution in [3.63, 3.8) is 0 Å². The Hall–Kier alpha value is -4.57. The summed E-state index contributed by atoms with van der Waals surface area (Å²) >= 11 is 0. The van der Waals surface area contributed by atoms with Gasteiger partial charge in [0.05, 0.1) is 7.11 Å². The van der Waals surface area contributed by atoms with E-state index in [1.165, 1.54) is 19.2 Å². The van der Waals surface area contributed by atoms with Crippen LogP contribution in [-0.2, 0) is 4.74 Å². The first-order valence-electron chi connectivity index (χ1n) is 10.5. The molecule has 0 spiro atoms. The van der Waals surface area contributed by atoms with Crippen molar-refractivity contribution in [3.8, 4) is 51.6 Å². The number of hydrogen-bond donors (Lipinski definition) is 5. The first-order chi connectivity index (χ1) is 16.8. The van der Waals surface area contributed by atoms with Crippen molar-refractivity contribution < 1.29 is 44.2 Å². The summed E-state index contributed by atoms with van der Waals surface area (Å²) in [5.74, 6) is -2.17. The third-order valence-corrected chi connectivity index (χ3v) is 5.71. The molecule has 10 nitrogen and oxygen atoms in total. The molecule has 3 aromatic carbocycles. The molecule has 2 unspecified atom stereocenters. The van der Waals surface area contributed by atoms with E-state index in [1.54, 1.807) is 30.3 Å². The summed E-state index contributed by atoms with van der Waals surface area (Å²) in [7, 11) is 1.50. The molecule has 1 aromatic heterocycles. The van der Waals surface area contributed by atoms with Crippen LogP contribution in [0.1, 0.15) is 11.7 Å². The van der Waals surface area contributed by atoms with Gasteiger partial charge in [0.2, 0.25) is 16.9 Å². The summed E-state index contributed by atoms with van der Waals surface area (Å²) in [5, 5.41) is 50.0. The second-order valence-electron chi connectivity index (χ2n) is 7.94. The number of hydrogen-bond acceptors (Lipinski definition) is 10. The van der Waals surface area contributed by atoms with Crippen molar-refractivity contribution in [1.29, 1.82) is 0 Å². The van der Waals surface area contributed by atoms with Gasteiger partial charge in [-0.3, -0.25) is 4.79 Å². The molecule has 0 aliphatic carbocycles. The van der Waals surface area contributed by atoms with E-state index in [9.17, 15) is 30.3 Å². The number of ether oxygens (including phenoxy) is 3. The van der Waals surface area contributed by atoms with E-state index in [4.69, 9.17) is 18.6 Å². The van der Waals surface area contributed by atoms with E-state index in [0.717, 1.165) is 6.07 Å². The van der Waals surface area contributed by atoms with Crippen LogP contribution < -0.4 is 14.9 Å². The minimum atomic E-state index is -0.903. The Balaban J connectivity index is 1.49. The largest absolute Gasteiger partial charge is 0.507 e. The molecule has 5 N–H and O–H groups in total. The summed E-state index contributed by atoms with van der Waals surface area (Å²) < 4.78 is 22.2. The topological polar surface area (TPSA) is 162 Å². The summed E-state index contributed by atoms with van der Waals surface area (Å²) in [6, 6.07) is 11.6. The van der Waals surface area contributed by atoms with Gasteiger partial charge in [-0.1, -0.05) is 6.07 Å². The molecule has 35 heavy (non-hydrogen) atoms. The average Bonchev–Trinajstić information content (AvgIpc) is 3.62. The monoisotopic (exact) mass is 480 g/mol. The van der Waals surface area contributed by atoms with Gasteiger partial charge in [-0.25, -0.2) is 0 Å². The maximum atomic E-state index is 12.9. The van der Waals surface area contributed by atoms with E-state index >= 15 is 0 Å². The molecule has 5 rings (SSSR count). The molecule has 1 aliphatic rings. The fourth-order valence-electron chi connectivity index (χ4n) is 3.83. The Labute approximate surface area is 197 Å². The van der Waals surface area contributed by atoms with Crippen LogP contribution >= 0.6 is 0 Å². The quantitative estimate of drug-likeness (QED) is 0.204. The molecular weight excluding hydrogens is 460 g/mol. The van der Waals surface area contributed by atoms with Crippen molar-refractivity contribution in [2.24, 2.45) is 0 Å². The lowest BCUT2D eigenvalue weighted by Gasteiger charge is -2.13. The summed E-state index contributed by atoms with van der Waals surface area (Å²) in [5.41, 5.74) is -0.184. The SMILES string of the molecule is COc1ccc(-c2oc3c(OCC4OC4c4ccc(O)c(O)c4)c(O)cc(O)c3c(=O)c2O)cc1. The highest BCUT2D eigenvalue weighted by Gasteiger charge is 2.41. The predicted octanol–water partition coefficient (Wildman–Crippen LogP) is 3.52. The van der Waals surface area contributed by atoms with Gasteiger partial charge in [-0.05, 0) is 42.0 Å². The molecule has 0 bridgehead atoms. The van der Waals surface area contributed by atoms with Gasteiger partial charge in [-0.15, -0.1) is 0 Å². The van der Waals surface area contributed by atoms with E-state index in [2.05, 4.69) is 0 Å². The minimum absolute atomic E-state index is 0.0673. The summed E-state index contributed by atoms with van der Waals surface area (Å²) in [4.78, 5) is 12.9. The van der Waals surface area contributed by atoms with Gasteiger partial charge >= 0.3 is 0 Å². The Kier molecular flexibility index (Phi) is 5.29. The van der Waals surface area contributed by atoms with Crippen LogP contribution in [0.4, 0.5) is 0 Å².